The summed E-state index contributed by atoms with van der Waals surface area (Å²) in [6.45, 7) is 1.85. The van der Waals surface area contributed by atoms with Gasteiger partial charge < -0.3 is 4.74 Å². The predicted octanol–water partition coefficient (Wildman–Crippen LogP) is 6.36. The van der Waals surface area contributed by atoms with Gasteiger partial charge in [-0.25, -0.2) is 0 Å². The number of ether oxygens (including phenoxy) is 1. The molecular weight excluding hydrogens is 287 g/mol. The van der Waals surface area contributed by atoms with Crippen LogP contribution in [0.5, 0.6) is 0 Å². The predicted molar refractivity (Wildman–Crippen MR) is 95.5 cm³/mol. The second-order valence-electron chi connectivity index (χ2n) is 6.79. The van der Waals surface area contributed by atoms with Crippen LogP contribution in [0.15, 0.2) is 36.4 Å². The lowest BCUT2D eigenvalue weighted by atomic mass is 9.77. The van der Waals surface area contributed by atoms with Crippen molar-refractivity contribution in [2.24, 2.45) is 5.92 Å². The fraction of sp³-hybridized carbons (Fsp3) is 0.619. The molecule has 1 aromatic carbocycles. The van der Waals surface area contributed by atoms with Crippen LogP contribution in [0.2, 0.25) is 0 Å². The maximum atomic E-state index is 12.0. The molecule has 1 atom stereocenters. The summed E-state index contributed by atoms with van der Waals surface area (Å²) >= 11 is 0. The molecule has 1 saturated carbocycles. The van der Waals surface area contributed by atoms with Crippen molar-refractivity contribution < 1.29 is 9.13 Å². The Hall–Kier alpha value is -1.15. The van der Waals surface area contributed by atoms with Crippen molar-refractivity contribution in [3.63, 3.8) is 0 Å². The minimum atomic E-state index is -0.233. The normalized spacial score (nSPS) is 23.3. The topological polar surface area (TPSA) is 9.23 Å². The fourth-order valence-corrected chi connectivity index (χ4v) is 3.59. The second-order valence-corrected chi connectivity index (χ2v) is 6.79. The van der Waals surface area contributed by atoms with Crippen molar-refractivity contribution >= 4 is 0 Å². The Morgan fingerprint density at radius 3 is 2.35 bits per heavy atom. The van der Waals surface area contributed by atoms with E-state index < -0.39 is 0 Å². The van der Waals surface area contributed by atoms with E-state index in [1.807, 2.05) is 6.08 Å². The monoisotopic (exact) mass is 318 g/mol. The van der Waals surface area contributed by atoms with Crippen LogP contribution in [0.1, 0.15) is 75.0 Å². The van der Waals surface area contributed by atoms with Gasteiger partial charge in [-0.1, -0.05) is 36.4 Å². The van der Waals surface area contributed by atoms with Gasteiger partial charge in [-0.05, 0) is 74.8 Å². The maximum absolute atomic E-state index is 12.0. The summed E-state index contributed by atoms with van der Waals surface area (Å²) in [6.07, 6.45) is 12.5. The molecule has 0 bridgehead atoms. The number of hydrogen-bond donors (Lipinski definition) is 0. The van der Waals surface area contributed by atoms with Crippen molar-refractivity contribution in [1.29, 1.82) is 0 Å². The van der Waals surface area contributed by atoms with E-state index in [-0.39, 0.29) is 12.8 Å². The van der Waals surface area contributed by atoms with Crippen LogP contribution in [0.3, 0.4) is 0 Å². The lowest BCUT2D eigenvalue weighted by molar-refractivity contribution is 0.119. The quantitative estimate of drug-likeness (QED) is 0.506. The van der Waals surface area contributed by atoms with Crippen LogP contribution in [0.25, 0.3) is 0 Å². The first-order valence-corrected chi connectivity index (χ1v) is 9.08. The van der Waals surface area contributed by atoms with Gasteiger partial charge in [-0.3, -0.25) is 4.39 Å². The first-order valence-electron chi connectivity index (χ1n) is 9.08. The van der Waals surface area contributed by atoms with Crippen LogP contribution in [-0.4, -0.2) is 13.8 Å². The summed E-state index contributed by atoms with van der Waals surface area (Å²) in [5.74, 6) is 1.58. The van der Waals surface area contributed by atoms with E-state index in [0.717, 1.165) is 18.3 Å². The molecule has 128 valence electrons. The minimum absolute atomic E-state index is 0.172. The van der Waals surface area contributed by atoms with Crippen LogP contribution >= 0.6 is 0 Å². The number of alkyl halides is 1. The van der Waals surface area contributed by atoms with E-state index in [1.165, 1.54) is 43.2 Å². The Morgan fingerprint density at radius 1 is 1.09 bits per heavy atom. The summed E-state index contributed by atoms with van der Waals surface area (Å²) < 4.78 is 17.4. The van der Waals surface area contributed by atoms with E-state index in [2.05, 4.69) is 37.3 Å². The largest absolute Gasteiger partial charge is 0.377 e. The average molecular weight is 318 g/mol. The van der Waals surface area contributed by atoms with Crippen LogP contribution in [0, 0.1) is 5.92 Å². The molecule has 1 nitrogen and oxygen atoms in total. The molecule has 0 spiro atoms. The molecule has 23 heavy (non-hydrogen) atoms. The molecule has 2 heteroatoms. The van der Waals surface area contributed by atoms with Crippen LogP contribution in [0.4, 0.5) is 4.39 Å². The average Bonchev–Trinajstić information content (AvgIpc) is 2.61. The van der Waals surface area contributed by atoms with E-state index in [9.17, 15) is 4.39 Å². The Morgan fingerprint density at radius 2 is 1.74 bits per heavy atom. The van der Waals surface area contributed by atoms with Gasteiger partial charge in [0.15, 0.2) is 0 Å². The highest BCUT2D eigenvalue weighted by atomic mass is 19.1. The highest BCUT2D eigenvalue weighted by Gasteiger charge is 2.21. The zero-order chi connectivity index (χ0) is 16.5. The van der Waals surface area contributed by atoms with Crippen LogP contribution in [-0.2, 0) is 4.74 Å². The summed E-state index contributed by atoms with van der Waals surface area (Å²) in [6, 6.07) is 9.00. The van der Waals surface area contributed by atoms with Gasteiger partial charge >= 0.3 is 0 Å². The molecule has 0 N–H and O–H groups in total. The number of allylic oxidation sites excluding steroid dienone is 2. The third-order valence-electron chi connectivity index (χ3n) is 5.26. The molecule has 0 saturated heterocycles. The molecular formula is C21H31FO. The zero-order valence-corrected chi connectivity index (χ0v) is 14.6. The van der Waals surface area contributed by atoms with Crippen molar-refractivity contribution in [3.8, 4) is 0 Å². The summed E-state index contributed by atoms with van der Waals surface area (Å²) in [5, 5.41) is 0. The Balaban J connectivity index is 1.75. The van der Waals surface area contributed by atoms with Gasteiger partial charge in [0.2, 0.25) is 0 Å². The third-order valence-corrected chi connectivity index (χ3v) is 5.26. The van der Waals surface area contributed by atoms with Gasteiger partial charge in [0.25, 0.3) is 0 Å². The number of halogens is 1. The number of rotatable bonds is 8. The number of methoxy groups -OCH3 is 1. The Labute approximate surface area is 140 Å². The molecule has 0 aliphatic heterocycles. The van der Waals surface area contributed by atoms with E-state index >= 15 is 0 Å². The molecule has 1 unspecified atom stereocenters. The smallest absolute Gasteiger partial charge is 0.0928 e. The second kappa shape index (κ2) is 9.87. The highest BCUT2D eigenvalue weighted by Crippen LogP contribution is 2.37. The van der Waals surface area contributed by atoms with Crippen molar-refractivity contribution in [2.45, 2.75) is 63.9 Å². The third kappa shape index (κ3) is 5.76. The molecule has 1 fully saturated rings. The van der Waals surface area contributed by atoms with Gasteiger partial charge in [0, 0.05) is 7.11 Å². The first kappa shape index (κ1) is 18.2. The Bertz CT molecular complexity index is 457. The number of benzene rings is 1. The van der Waals surface area contributed by atoms with Crippen molar-refractivity contribution in [2.75, 3.05) is 13.8 Å². The van der Waals surface area contributed by atoms with Gasteiger partial charge in [-0.2, -0.15) is 0 Å². The zero-order valence-electron chi connectivity index (χ0n) is 14.6. The van der Waals surface area contributed by atoms with E-state index in [4.69, 9.17) is 4.74 Å². The first-order chi connectivity index (χ1) is 11.2. The lowest BCUT2D eigenvalue weighted by Crippen LogP contribution is -2.13. The van der Waals surface area contributed by atoms with Crippen molar-refractivity contribution in [1.82, 2.24) is 0 Å². The molecule has 0 radical (unpaired) electrons. The SMILES string of the molecule is COC(C)c1ccc([C@H]2CC[C@H](CCC=CCCF)CC2)cc1. The molecule has 0 aromatic heterocycles. The van der Waals surface area contributed by atoms with Gasteiger partial charge in [0.05, 0.1) is 12.8 Å². The van der Waals surface area contributed by atoms with Gasteiger partial charge in [-0.15, -0.1) is 0 Å². The van der Waals surface area contributed by atoms with E-state index in [1.54, 1.807) is 7.11 Å². The molecule has 1 aromatic rings. The fourth-order valence-electron chi connectivity index (χ4n) is 3.59. The Kier molecular flexibility index (Phi) is 7.81. The van der Waals surface area contributed by atoms with Gasteiger partial charge in [0.1, 0.15) is 0 Å². The van der Waals surface area contributed by atoms with Crippen LogP contribution < -0.4 is 0 Å². The molecule has 0 heterocycles. The molecule has 1 aliphatic carbocycles. The standard InChI is InChI=1S/C21H31FO/c1-17(23-2)19-12-14-21(15-13-19)20-10-8-18(9-11-20)7-5-3-4-6-16-22/h3-4,12-15,17-18,20H,5-11,16H2,1-2H3/t17?,18-,20-. The summed E-state index contributed by atoms with van der Waals surface area (Å²) in [7, 11) is 1.76. The summed E-state index contributed by atoms with van der Waals surface area (Å²) in [5.41, 5.74) is 2.74. The number of hydrogen-bond acceptors (Lipinski definition) is 1. The van der Waals surface area contributed by atoms with Crippen molar-refractivity contribution in [3.05, 3.63) is 47.5 Å². The molecule has 0 amide bonds. The minimum Gasteiger partial charge on any atom is -0.377 e. The maximum Gasteiger partial charge on any atom is 0.0928 e. The molecule has 2 rings (SSSR count). The highest BCUT2D eigenvalue weighted by molar-refractivity contribution is 5.27. The molecule has 1 aliphatic rings. The summed E-state index contributed by atoms with van der Waals surface area (Å²) in [4.78, 5) is 0. The lowest BCUT2D eigenvalue weighted by Gasteiger charge is -2.29. The van der Waals surface area contributed by atoms with E-state index in [0.29, 0.717) is 6.42 Å².